The predicted octanol–water partition coefficient (Wildman–Crippen LogP) is 3.91. The van der Waals surface area contributed by atoms with Crippen LogP contribution >= 0.6 is 11.3 Å². The first-order chi connectivity index (χ1) is 12.9. The van der Waals surface area contributed by atoms with E-state index in [4.69, 9.17) is 0 Å². The SMILES string of the molecule is CCS(=O)(=O)c1nc2ccc(NS(=O)(=O)c3cccc(C(F)(F)F)c3)cc2s1. The Hall–Kier alpha value is -2.18. The first-order valence-electron chi connectivity index (χ1n) is 7.76. The number of anilines is 1. The molecule has 0 radical (unpaired) electrons. The molecule has 0 aliphatic heterocycles. The number of fused-ring (bicyclic) bond motifs is 1. The van der Waals surface area contributed by atoms with Crippen LogP contribution in [0.25, 0.3) is 10.2 Å². The van der Waals surface area contributed by atoms with E-state index in [-0.39, 0.29) is 15.8 Å². The molecular weight excluding hydrogens is 437 g/mol. The number of rotatable bonds is 5. The van der Waals surface area contributed by atoms with E-state index < -0.39 is 36.5 Å². The second-order valence-corrected chi connectivity index (χ2v) is 10.9. The summed E-state index contributed by atoms with van der Waals surface area (Å²) >= 11 is 0.888. The number of sulfonamides is 1. The van der Waals surface area contributed by atoms with Gasteiger partial charge in [-0.05, 0) is 36.4 Å². The van der Waals surface area contributed by atoms with Crippen LogP contribution in [0.3, 0.4) is 0 Å². The van der Waals surface area contributed by atoms with Gasteiger partial charge in [0, 0.05) is 0 Å². The molecule has 3 rings (SSSR count). The van der Waals surface area contributed by atoms with E-state index in [1.165, 1.54) is 25.1 Å². The van der Waals surface area contributed by atoms with E-state index >= 15 is 0 Å². The van der Waals surface area contributed by atoms with E-state index in [0.717, 1.165) is 29.5 Å². The topological polar surface area (TPSA) is 93.2 Å². The highest BCUT2D eigenvalue weighted by Crippen LogP contribution is 2.32. The number of nitrogens with zero attached hydrogens (tertiary/aromatic N) is 1. The molecule has 0 unspecified atom stereocenters. The molecule has 0 aliphatic rings. The fourth-order valence-electron chi connectivity index (χ4n) is 2.28. The minimum absolute atomic E-state index is 0.0778. The average molecular weight is 450 g/mol. The molecule has 0 fully saturated rings. The number of alkyl halides is 3. The van der Waals surface area contributed by atoms with E-state index in [1.54, 1.807) is 0 Å². The molecule has 1 N–H and O–H groups in total. The van der Waals surface area contributed by atoms with E-state index in [1.807, 2.05) is 0 Å². The summed E-state index contributed by atoms with van der Waals surface area (Å²) in [6.45, 7) is 1.48. The van der Waals surface area contributed by atoms with Crippen molar-refractivity contribution in [1.82, 2.24) is 4.98 Å². The maximum Gasteiger partial charge on any atom is 0.416 e. The van der Waals surface area contributed by atoms with Crippen LogP contribution in [-0.4, -0.2) is 27.6 Å². The number of aromatic nitrogens is 1. The molecule has 0 amide bonds. The van der Waals surface area contributed by atoms with Crippen LogP contribution < -0.4 is 4.72 Å². The number of halogens is 3. The second-order valence-electron chi connectivity index (χ2n) is 5.70. The molecule has 1 heterocycles. The highest BCUT2D eigenvalue weighted by Gasteiger charge is 2.31. The Labute approximate surface area is 163 Å². The van der Waals surface area contributed by atoms with Crippen LogP contribution in [-0.2, 0) is 26.0 Å². The van der Waals surface area contributed by atoms with Crippen LogP contribution in [0.2, 0.25) is 0 Å². The zero-order chi connectivity index (χ0) is 20.7. The van der Waals surface area contributed by atoms with Crippen molar-refractivity contribution in [2.24, 2.45) is 0 Å². The van der Waals surface area contributed by atoms with Gasteiger partial charge < -0.3 is 0 Å². The third kappa shape index (κ3) is 4.13. The van der Waals surface area contributed by atoms with E-state index in [9.17, 15) is 30.0 Å². The summed E-state index contributed by atoms with van der Waals surface area (Å²) in [5, 5.41) is 0. The van der Waals surface area contributed by atoms with Gasteiger partial charge in [-0.25, -0.2) is 21.8 Å². The lowest BCUT2D eigenvalue weighted by molar-refractivity contribution is -0.137. The molecule has 2 aromatic carbocycles. The summed E-state index contributed by atoms with van der Waals surface area (Å²) in [5.74, 6) is -0.123. The van der Waals surface area contributed by atoms with Gasteiger partial charge in [0.2, 0.25) is 14.2 Å². The number of thiazole rings is 1. The van der Waals surface area contributed by atoms with Crippen LogP contribution in [0.4, 0.5) is 18.9 Å². The third-order valence-electron chi connectivity index (χ3n) is 3.74. The van der Waals surface area contributed by atoms with Gasteiger partial charge in [-0.3, -0.25) is 4.72 Å². The summed E-state index contributed by atoms with van der Waals surface area (Å²) in [7, 11) is -7.78. The van der Waals surface area contributed by atoms with Gasteiger partial charge in [0.25, 0.3) is 10.0 Å². The zero-order valence-electron chi connectivity index (χ0n) is 14.2. The summed E-state index contributed by atoms with van der Waals surface area (Å²) in [6.07, 6.45) is -4.67. The molecule has 0 atom stereocenters. The Morgan fingerprint density at radius 1 is 1.07 bits per heavy atom. The van der Waals surface area contributed by atoms with Crippen molar-refractivity contribution >= 4 is 47.1 Å². The van der Waals surface area contributed by atoms with Crippen LogP contribution in [0, 0.1) is 0 Å². The lowest BCUT2D eigenvalue weighted by Gasteiger charge is -2.11. The lowest BCUT2D eigenvalue weighted by Crippen LogP contribution is -2.14. The number of nitrogens with one attached hydrogen (secondary N) is 1. The monoisotopic (exact) mass is 450 g/mol. The molecular formula is C16H13F3N2O4S3. The van der Waals surface area contributed by atoms with Gasteiger partial charge in [0.05, 0.1) is 32.1 Å². The molecule has 0 aliphatic carbocycles. The third-order valence-corrected chi connectivity index (χ3v) is 8.33. The Kier molecular flexibility index (Phi) is 5.15. The van der Waals surface area contributed by atoms with Gasteiger partial charge in [0.15, 0.2) is 0 Å². The van der Waals surface area contributed by atoms with Crippen LogP contribution in [0.15, 0.2) is 51.7 Å². The molecule has 150 valence electrons. The summed E-state index contributed by atoms with van der Waals surface area (Å²) in [6, 6.07) is 7.55. The average Bonchev–Trinajstić information content (AvgIpc) is 3.05. The lowest BCUT2D eigenvalue weighted by atomic mass is 10.2. The molecule has 0 spiro atoms. The van der Waals surface area contributed by atoms with Gasteiger partial charge in [-0.1, -0.05) is 13.0 Å². The van der Waals surface area contributed by atoms with Crippen molar-refractivity contribution in [2.75, 3.05) is 10.5 Å². The van der Waals surface area contributed by atoms with Gasteiger partial charge in [-0.15, -0.1) is 11.3 Å². The largest absolute Gasteiger partial charge is 0.416 e. The predicted molar refractivity (Wildman–Crippen MR) is 99.6 cm³/mol. The standard InChI is InChI=1S/C16H13F3N2O4S3/c1-2-27(22,23)15-20-13-7-6-11(9-14(13)26-15)21-28(24,25)12-5-3-4-10(8-12)16(17,18)19/h3-9,21H,2H2,1H3. The van der Waals surface area contributed by atoms with Crippen LogP contribution in [0.5, 0.6) is 0 Å². The zero-order valence-corrected chi connectivity index (χ0v) is 16.6. The highest BCUT2D eigenvalue weighted by molar-refractivity contribution is 7.93. The highest BCUT2D eigenvalue weighted by atomic mass is 32.2. The minimum atomic E-state index is -4.67. The fraction of sp³-hybridized carbons (Fsp3) is 0.188. The van der Waals surface area contributed by atoms with Crippen molar-refractivity contribution in [1.29, 1.82) is 0 Å². The molecule has 28 heavy (non-hydrogen) atoms. The van der Waals surface area contributed by atoms with Gasteiger partial charge >= 0.3 is 6.18 Å². The van der Waals surface area contributed by atoms with Crippen molar-refractivity contribution < 1.29 is 30.0 Å². The second kappa shape index (κ2) is 7.01. The Morgan fingerprint density at radius 2 is 1.79 bits per heavy atom. The normalized spacial score (nSPS) is 13.0. The molecule has 0 saturated carbocycles. The van der Waals surface area contributed by atoms with Crippen molar-refractivity contribution in [2.45, 2.75) is 22.3 Å². The Bertz CT molecular complexity index is 1250. The Morgan fingerprint density at radius 3 is 2.43 bits per heavy atom. The summed E-state index contributed by atoms with van der Waals surface area (Å²) in [5.41, 5.74) is -0.629. The van der Waals surface area contributed by atoms with Crippen molar-refractivity contribution in [3.05, 3.63) is 48.0 Å². The van der Waals surface area contributed by atoms with Crippen molar-refractivity contribution in [3.8, 4) is 0 Å². The summed E-state index contributed by atoms with van der Waals surface area (Å²) < 4.78 is 89.7. The minimum Gasteiger partial charge on any atom is -0.280 e. The first-order valence-corrected chi connectivity index (χ1v) is 11.7. The smallest absolute Gasteiger partial charge is 0.280 e. The number of sulfone groups is 1. The molecule has 3 aromatic rings. The fourth-order valence-corrected chi connectivity index (χ4v) is 5.72. The van der Waals surface area contributed by atoms with Crippen LogP contribution in [0.1, 0.15) is 12.5 Å². The number of hydrogen-bond donors (Lipinski definition) is 1. The molecule has 1 aromatic heterocycles. The quantitative estimate of drug-likeness (QED) is 0.636. The van der Waals surface area contributed by atoms with Gasteiger partial charge in [0.1, 0.15) is 0 Å². The van der Waals surface area contributed by atoms with Crippen molar-refractivity contribution in [3.63, 3.8) is 0 Å². The van der Waals surface area contributed by atoms with Gasteiger partial charge in [-0.2, -0.15) is 13.2 Å². The number of hydrogen-bond acceptors (Lipinski definition) is 6. The Balaban J connectivity index is 1.95. The maximum atomic E-state index is 12.8. The number of benzene rings is 2. The maximum absolute atomic E-state index is 12.8. The molecule has 6 nitrogen and oxygen atoms in total. The molecule has 0 saturated heterocycles. The van der Waals surface area contributed by atoms with E-state index in [2.05, 4.69) is 9.71 Å². The molecule has 12 heteroatoms. The molecule has 0 bridgehead atoms. The summed E-state index contributed by atoms with van der Waals surface area (Å²) in [4.78, 5) is 3.48. The van der Waals surface area contributed by atoms with E-state index in [0.29, 0.717) is 16.3 Å². The first kappa shape index (κ1) is 20.6.